The predicted molar refractivity (Wildman–Crippen MR) is 159 cm³/mol. The van der Waals surface area contributed by atoms with Crippen molar-refractivity contribution in [3.8, 4) is 16.9 Å². The molecule has 1 amide bonds. The minimum Gasteiger partial charge on any atom is -0.468 e. The van der Waals surface area contributed by atoms with Gasteiger partial charge in [-0.1, -0.05) is 34.1 Å². The molecule has 0 radical (unpaired) electrons. The number of amides is 1. The number of sulfonamides is 1. The number of carbonyl (C=O) groups excluding carboxylic acids is 2. The zero-order valence-electron chi connectivity index (χ0n) is 23.6. The van der Waals surface area contributed by atoms with Crippen LogP contribution in [0.25, 0.3) is 11.1 Å². The molecule has 0 aliphatic carbocycles. The Morgan fingerprint density at radius 1 is 1.02 bits per heavy atom. The van der Waals surface area contributed by atoms with Gasteiger partial charge in [0.2, 0.25) is 10.0 Å². The van der Waals surface area contributed by atoms with Crippen LogP contribution >= 0.6 is 15.9 Å². The van der Waals surface area contributed by atoms with Gasteiger partial charge in [-0.3, -0.25) is 14.3 Å². The van der Waals surface area contributed by atoms with Crippen molar-refractivity contribution in [3.05, 3.63) is 75.8 Å². The molecule has 1 heterocycles. The smallest absolute Gasteiger partial charge is 0.416 e. The lowest BCUT2D eigenvalue weighted by Gasteiger charge is -2.29. The maximum Gasteiger partial charge on any atom is 0.416 e. The molecule has 1 N–H and O–H groups in total. The largest absolute Gasteiger partial charge is 0.468 e. The van der Waals surface area contributed by atoms with E-state index in [1.54, 1.807) is 24.3 Å². The van der Waals surface area contributed by atoms with Crippen LogP contribution in [0.3, 0.4) is 0 Å². The van der Waals surface area contributed by atoms with Crippen molar-refractivity contribution >= 4 is 49.2 Å². The van der Waals surface area contributed by atoms with Crippen LogP contribution in [-0.2, 0) is 41.6 Å². The van der Waals surface area contributed by atoms with E-state index in [4.69, 9.17) is 14.2 Å². The second-order valence-corrected chi connectivity index (χ2v) is 12.1. The number of fused-ring (bicyclic) bond motifs is 1. The second-order valence-electron chi connectivity index (χ2n) is 9.55. The van der Waals surface area contributed by atoms with E-state index in [9.17, 15) is 31.2 Å². The molecule has 0 spiro atoms. The van der Waals surface area contributed by atoms with Gasteiger partial charge in [0.25, 0.3) is 5.91 Å². The molecule has 0 aromatic heterocycles. The summed E-state index contributed by atoms with van der Waals surface area (Å²) >= 11 is 3.23. The summed E-state index contributed by atoms with van der Waals surface area (Å²) in [5.41, 5.74) is 1.84. The number of anilines is 2. The number of esters is 1. The molecular weight excluding hydrogens is 673 g/mol. The van der Waals surface area contributed by atoms with Crippen molar-refractivity contribution in [2.24, 2.45) is 0 Å². The van der Waals surface area contributed by atoms with E-state index in [2.05, 4.69) is 25.4 Å². The highest BCUT2D eigenvalue weighted by atomic mass is 79.9. The van der Waals surface area contributed by atoms with Crippen LogP contribution in [0.1, 0.15) is 21.5 Å². The van der Waals surface area contributed by atoms with Gasteiger partial charge in [-0.2, -0.15) is 13.2 Å². The first-order valence-corrected chi connectivity index (χ1v) is 15.5. The lowest BCUT2D eigenvalue weighted by atomic mass is 9.93. The van der Waals surface area contributed by atoms with E-state index in [0.29, 0.717) is 41.0 Å². The Morgan fingerprint density at radius 3 is 2.45 bits per heavy atom. The zero-order valence-corrected chi connectivity index (χ0v) is 26.0. The van der Waals surface area contributed by atoms with E-state index in [-0.39, 0.29) is 41.8 Å². The molecule has 0 saturated carbocycles. The number of benzene rings is 3. The van der Waals surface area contributed by atoms with Crippen LogP contribution in [0, 0.1) is 0 Å². The van der Waals surface area contributed by atoms with Gasteiger partial charge < -0.3 is 23.8 Å². The third kappa shape index (κ3) is 8.08. The van der Waals surface area contributed by atoms with Crippen LogP contribution in [-0.4, -0.2) is 66.8 Å². The quantitative estimate of drug-likeness (QED) is 0.155. The summed E-state index contributed by atoms with van der Waals surface area (Å²) in [6, 6.07) is 12.9. The fourth-order valence-corrected chi connectivity index (χ4v) is 6.05. The van der Waals surface area contributed by atoms with Crippen molar-refractivity contribution in [3.63, 3.8) is 0 Å². The third-order valence-corrected chi connectivity index (χ3v) is 8.40. The minimum atomic E-state index is -4.48. The molecule has 3 aromatic carbocycles. The van der Waals surface area contributed by atoms with Crippen molar-refractivity contribution in [1.29, 1.82) is 0 Å². The van der Waals surface area contributed by atoms with E-state index < -0.39 is 33.5 Å². The number of hydrogen-bond acceptors (Lipinski definition) is 8. The van der Waals surface area contributed by atoms with E-state index in [0.717, 1.165) is 19.2 Å². The molecule has 10 nitrogen and oxygen atoms in total. The number of nitrogens with zero attached hydrogens (tertiary/aromatic N) is 1. The molecule has 15 heteroatoms. The average Bonchev–Trinajstić information content (AvgIpc) is 2.96. The second kappa shape index (κ2) is 14.0. The lowest BCUT2D eigenvalue weighted by Crippen LogP contribution is -2.37. The number of hydrogen-bond donors (Lipinski definition) is 1. The topological polar surface area (TPSA) is 120 Å². The molecule has 0 unspecified atom stereocenters. The standard InChI is InChI=1S/C29H28BrF3N2O8S/c1-40-11-12-42-17-43-26-8-5-21(15-25(26)34-44(38,39)16-27(36)41-2)35-10-9-19-13-18(3-6-23(19)28(35)37)22-7-4-20(14-24(22)30)29(31,32)33/h3-8,13-15,34H,9-12,16-17H2,1-2H3. The highest BCUT2D eigenvalue weighted by Gasteiger charge is 2.31. The van der Waals surface area contributed by atoms with Gasteiger partial charge in [0.1, 0.15) is 5.75 Å². The Hall–Kier alpha value is -3.66. The Balaban J connectivity index is 1.60. The number of halogens is 4. The van der Waals surface area contributed by atoms with E-state index in [1.807, 2.05) is 0 Å². The van der Waals surface area contributed by atoms with Gasteiger partial charge in [0.05, 0.1) is 31.6 Å². The summed E-state index contributed by atoms with van der Waals surface area (Å²) in [4.78, 5) is 26.7. The summed E-state index contributed by atoms with van der Waals surface area (Å²) in [7, 11) is -1.62. The van der Waals surface area contributed by atoms with Gasteiger partial charge in [0.15, 0.2) is 12.5 Å². The monoisotopic (exact) mass is 700 g/mol. The number of methoxy groups -OCH3 is 2. The summed E-state index contributed by atoms with van der Waals surface area (Å²) in [6.07, 6.45) is -4.06. The van der Waals surface area contributed by atoms with E-state index >= 15 is 0 Å². The normalized spacial score (nSPS) is 13.4. The molecule has 1 aliphatic heterocycles. The Labute approximate surface area is 260 Å². The first-order chi connectivity index (χ1) is 20.8. The molecule has 236 valence electrons. The molecule has 0 saturated heterocycles. The molecule has 0 fully saturated rings. The van der Waals surface area contributed by atoms with E-state index in [1.165, 1.54) is 30.2 Å². The maximum absolute atomic E-state index is 13.6. The van der Waals surface area contributed by atoms with Crippen LogP contribution < -0.4 is 14.4 Å². The number of carbonyl (C=O) groups is 2. The first-order valence-electron chi connectivity index (χ1n) is 13.1. The third-order valence-electron chi connectivity index (χ3n) is 6.60. The average molecular weight is 702 g/mol. The fourth-order valence-electron chi connectivity index (χ4n) is 4.44. The van der Waals surface area contributed by atoms with Gasteiger partial charge in [0, 0.05) is 29.4 Å². The molecule has 1 aliphatic rings. The zero-order chi connectivity index (χ0) is 32.1. The Kier molecular flexibility index (Phi) is 10.6. The molecule has 3 aromatic rings. The lowest BCUT2D eigenvalue weighted by molar-refractivity contribution is -0.138. The number of ether oxygens (including phenoxy) is 4. The van der Waals surface area contributed by atoms with Crippen molar-refractivity contribution in [2.75, 3.05) is 56.1 Å². The van der Waals surface area contributed by atoms with Crippen LogP contribution in [0.4, 0.5) is 24.5 Å². The Morgan fingerprint density at radius 2 is 1.77 bits per heavy atom. The van der Waals surface area contributed by atoms with Gasteiger partial charge >= 0.3 is 12.1 Å². The predicted octanol–water partition coefficient (Wildman–Crippen LogP) is 5.25. The van der Waals surface area contributed by atoms with Gasteiger partial charge in [-0.25, -0.2) is 8.42 Å². The minimum absolute atomic E-state index is 0.0251. The van der Waals surface area contributed by atoms with Gasteiger partial charge in [-0.05, 0) is 59.5 Å². The summed E-state index contributed by atoms with van der Waals surface area (Å²) in [6.45, 7) is 0.569. The summed E-state index contributed by atoms with van der Waals surface area (Å²) < 4.78 is 87.4. The van der Waals surface area contributed by atoms with Gasteiger partial charge in [-0.15, -0.1) is 0 Å². The SMILES string of the molecule is COCCOCOc1ccc(N2CCc3cc(-c4ccc(C(F)(F)F)cc4Br)ccc3C2=O)cc1NS(=O)(=O)CC(=O)OC. The molecule has 4 rings (SSSR count). The first kappa shape index (κ1) is 33.2. The van der Waals surface area contributed by atoms with Crippen molar-refractivity contribution in [2.45, 2.75) is 12.6 Å². The summed E-state index contributed by atoms with van der Waals surface area (Å²) in [5, 5.41) is 0. The number of nitrogens with one attached hydrogen (secondary N) is 1. The maximum atomic E-state index is 13.6. The highest BCUT2D eigenvalue weighted by molar-refractivity contribution is 9.10. The Bertz CT molecular complexity index is 1650. The number of rotatable bonds is 12. The molecule has 0 atom stereocenters. The van der Waals surface area contributed by atoms with Crippen molar-refractivity contribution in [1.82, 2.24) is 0 Å². The highest BCUT2D eigenvalue weighted by Crippen LogP contribution is 2.38. The molecule has 0 bridgehead atoms. The van der Waals surface area contributed by atoms with Crippen LogP contribution in [0.5, 0.6) is 5.75 Å². The van der Waals surface area contributed by atoms with Crippen LogP contribution in [0.15, 0.2) is 59.1 Å². The molecular formula is C29H28BrF3N2O8S. The van der Waals surface area contributed by atoms with Crippen molar-refractivity contribution < 1.29 is 50.1 Å². The number of alkyl halides is 3. The molecule has 44 heavy (non-hydrogen) atoms. The summed E-state index contributed by atoms with van der Waals surface area (Å²) in [5.74, 6) is -2.17. The fraction of sp³-hybridized carbons (Fsp3) is 0.310. The van der Waals surface area contributed by atoms with Crippen LogP contribution in [0.2, 0.25) is 0 Å².